The van der Waals surface area contributed by atoms with Crippen molar-refractivity contribution in [3.8, 4) is 0 Å². The number of rotatable bonds is 4. The lowest BCUT2D eigenvalue weighted by atomic mass is 10.0. The third kappa shape index (κ3) is 3.22. The molecule has 0 saturated carbocycles. The zero-order chi connectivity index (χ0) is 13.8. The molecule has 2 rings (SSSR count). The quantitative estimate of drug-likeness (QED) is 0.881. The van der Waals surface area contributed by atoms with E-state index in [-0.39, 0.29) is 6.04 Å². The molecule has 0 aliphatic carbocycles. The maximum absolute atomic E-state index is 4.41. The fourth-order valence-corrected chi connectivity index (χ4v) is 2.13. The lowest BCUT2D eigenvalue weighted by Gasteiger charge is -2.17. The van der Waals surface area contributed by atoms with Crippen LogP contribution in [-0.2, 0) is 0 Å². The van der Waals surface area contributed by atoms with Gasteiger partial charge in [0.25, 0.3) is 0 Å². The lowest BCUT2D eigenvalue weighted by Crippen LogP contribution is -2.11. The number of hydrogen-bond acceptors (Lipinski definition) is 4. The molecule has 4 heteroatoms. The molecule has 0 radical (unpaired) electrons. The summed E-state index contributed by atoms with van der Waals surface area (Å²) in [5.74, 6) is 1.48. The van der Waals surface area contributed by atoms with Crippen LogP contribution in [0.2, 0.25) is 0 Å². The summed E-state index contributed by atoms with van der Waals surface area (Å²) in [4.78, 5) is 8.70. The largest absolute Gasteiger partial charge is 0.363 e. The predicted molar refractivity (Wildman–Crippen MR) is 79.5 cm³/mol. The third-order valence-corrected chi connectivity index (χ3v) is 3.10. The molecule has 4 nitrogen and oxygen atoms in total. The van der Waals surface area contributed by atoms with Gasteiger partial charge in [0.2, 0.25) is 5.95 Å². The van der Waals surface area contributed by atoms with Crippen molar-refractivity contribution in [2.24, 2.45) is 0 Å². The van der Waals surface area contributed by atoms with Gasteiger partial charge in [-0.3, -0.25) is 0 Å². The first-order chi connectivity index (χ1) is 9.10. The van der Waals surface area contributed by atoms with Crippen molar-refractivity contribution in [3.63, 3.8) is 0 Å². The van der Waals surface area contributed by atoms with Crippen molar-refractivity contribution in [3.05, 3.63) is 47.2 Å². The second-order valence-corrected chi connectivity index (χ2v) is 4.69. The number of hydrogen-bond donors (Lipinski definition) is 2. The summed E-state index contributed by atoms with van der Waals surface area (Å²) < 4.78 is 0. The molecule has 1 atom stereocenters. The average Bonchev–Trinajstić information content (AvgIpc) is 2.38. The first-order valence-electron chi connectivity index (χ1n) is 6.45. The fraction of sp³-hybridized carbons (Fsp3) is 0.333. The number of benzene rings is 1. The van der Waals surface area contributed by atoms with Gasteiger partial charge in [0.15, 0.2) is 0 Å². The molecule has 100 valence electrons. The zero-order valence-electron chi connectivity index (χ0n) is 11.9. The van der Waals surface area contributed by atoms with Crippen LogP contribution >= 0.6 is 0 Å². The van der Waals surface area contributed by atoms with Gasteiger partial charge in [0, 0.05) is 18.8 Å². The van der Waals surface area contributed by atoms with Crippen molar-refractivity contribution in [1.29, 1.82) is 0 Å². The van der Waals surface area contributed by atoms with Gasteiger partial charge in [-0.15, -0.1) is 0 Å². The smallest absolute Gasteiger partial charge is 0.224 e. The molecule has 2 aromatic rings. The highest BCUT2D eigenvalue weighted by Crippen LogP contribution is 2.21. The molecule has 0 bridgehead atoms. The SMILES string of the molecule is CNc1nc(C)cc(NC(C)c2ccccc2C)n1. The summed E-state index contributed by atoms with van der Waals surface area (Å²) in [6, 6.07) is 10.5. The minimum Gasteiger partial charge on any atom is -0.363 e. The van der Waals surface area contributed by atoms with Crippen LogP contribution in [0.5, 0.6) is 0 Å². The van der Waals surface area contributed by atoms with E-state index in [2.05, 4.69) is 58.7 Å². The van der Waals surface area contributed by atoms with Gasteiger partial charge in [-0.05, 0) is 31.9 Å². The first-order valence-corrected chi connectivity index (χ1v) is 6.45. The van der Waals surface area contributed by atoms with E-state index in [1.54, 1.807) is 0 Å². The van der Waals surface area contributed by atoms with Gasteiger partial charge < -0.3 is 10.6 Å². The van der Waals surface area contributed by atoms with Gasteiger partial charge in [0.05, 0.1) is 6.04 Å². The molecule has 0 saturated heterocycles. The molecule has 0 amide bonds. The van der Waals surface area contributed by atoms with Crippen molar-refractivity contribution in [2.45, 2.75) is 26.8 Å². The molecule has 2 N–H and O–H groups in total. The van der Waals surface area contributed by atoms with Gasteiger partial charge in [-0.25, -0.2) is 4.98 Å². The topological polar surface area (TPSA) is 49.8 Å². The fourth-order valence-electron chi connectivity index (χ4n) is 2.13. The van der Waals surface area contributed by atoms with Crippen LogP contribution in [0.1, 0.15) is 29.8 Å². The van der Waals surface area contributed by atoms with Crippen molar-refractivity contribution < 1.29 is 0 Å². The van der Waals surface area contributed by atoms with E-state index in [0.29, 0.717) is 5.95 Å². The molecule has 0 fully saturated rings. The highest BCUT2D eigenvalue weighted by molar-refractivity contribution is 5.44. The van der Waals surface area contributed by atoms with Crippen LogP contribution in [-0.4, -0.2) is 17.0 Å². The minimum absolute atomic E-state index is 0.209. The summed E-state index contributed by atoms with van der Waals surface area (Å²) in [6.07, 6.45) is 0. The Hall–Kier alpha value is -2.10. The molecule has 19 heavy (non-hydrogen) atoms. The van der Waals surface area contributed by atoms with E-state index in [4.69, 9.17) is 0 Å². The first kappa shape index (κ1) is 13.3. The highest BCUT2D eigenvalue weighted by atomic mass is 15.1. The van der Waals surface area contributed by atoms with Crippen LogP contribution in [0.15, 0.2) is 30.3 Å². The van der Waals surface area contributed by atoms with Crippen molar-refractivity contribution in [1.82, 2.24) is 9.97 Å². The third-order valence-electron chi connectivity index (χ3n) is 3.10. The van der Waals surface area contributed by atoms with Crippen molar-refractivity contribution >= 4 is 11.8 Å². The van der Waals surface area contributed by atoms with Crippen LogP contribution in [0.3, 0.4) is 0 Å². The van der Waals surface area contributed by atoms with E-state index in [1.165, 1.54) is 11.1 Å². The second kappa shape index (κ2) is 5.69. The van der Waals surface area contributed by atoms with Gasteiger partial charge >= 0.3 is 0 Å². The molecule has 1 aromatic carbocycles. The Morgan fingerprint density at radius 1 is 1.11 bits per heavy atom. The monoisotopic (exact) mass is 256 g/mol. The number of anilines is 2. The van der Waals surface area contributed by atoms with Crippen LogP contribution in [0, 0.1) is 13.8 Å². The molecule has 0 spiro atoms. The molecule has 0 aliphatic rings. The average molecular weight is 256 g/mol. The van der Waals surface area contributed by atoms with E-state index in [0.717, 1.165) is 11.5 Å². The Labute approximate surface area is 114 Å². The Morgan fingerprint density at radius 3 is 2.53 bits per heavy atom. The summed E-state index contributed by atoms with van der Waals surface area (Å²) in [5.41, 5.74) is 3.51. The number of aromatic nitrogens is 2. The number of nitrogens with zero attached hydrogens (tertiary/aromatic N) is 2. The number of nitrogens with one attached hydrogen (secondary N) is 2. The summed E-state index contributed by atoms with van der Waals surface area (Å²) in [7, 11) is 1.82. The zero-order valence-corrected chi connectivity index (χ0v) is 11.9. The molecular weight excluding hydrogens is 236 g/mol. The molecule has 1 heterocycles. The summed E-state index contributed by atoms with van der Waals surface area (Å²) >= 11 is 0. The number of aryl methyl sites for hydroxylation is 2. The minimum atomic E-state index is 0.209. The Bertz CT molecular complexity index is 566. The van der Waals surface area contributed by atoms with E-state index in [1.807, 2.05) is 20.0 Å². The van der Waals surface area contributed by atoms with Gasteiger partial charge in [0.1, 0.15) is 5.82 Å². The molecule has 1 aromatic heterocycles. The summed E-state index contributed by atoms with van der Waals surface area (Å²) in [6.45, 7) is 6.22. The van der Waals surface area contributed by atoms with Gasteiger partial charge in [-0.1, -0.05) is 24.3 Å². The predicted octanol–water partition coefficient (Wildman–Crippen LogP) is 3.31. The van der Waals surface area contributed by atoms with E-state index in [9.17, 15) is 0 Å². The Morgan fingerprint density at radius 2 is 1.84 bits per heavy atom. The van der Waals surface area contributed by atoms with Crippen LogP contribution in [0.4, 0.5) is 11.8 Å². The van der Waals surface area contributed by atoms with Gasteiger partial charge in [-0.2, -0.15) is 4.98 Å². The van der Waals surface area contributed by atoms with E-state index >= 15 is 0 Å². The molecule has 0 aliphatic heterocycles. The van der Waals surface area contributed by atoms with Crippen LogP contribution < -0.4 is 10.6 Å². The maximum Gasteiger partial charge on any atom is 0.224 e. The summed E-state index contributed by atoms with van der Waals surface area (Å²) in [5, 5.41) is 6.39. The second-order valence-electron chi connectivity index (χ2n) is 4.69. The molecule has 1 unspecified atom stereocenters. The standard InChI is InChI=1S/C15H20N4/c1-10-7-5-6-8-13(10)12(3)18-14-9-11(2)17-15(16-4)19-14/h5-9,12H,1-4H3,(H2,16,17,18,19). The normalized spacial score (nSPS) is 12.0. The van der Waals surface area contributed by atoms with E-state index < -0.39 is 0 Å². The Kier molecular flexibility index (Phi) is 4.00. The highest BCUT2D eigenvalue weighted by Gasteiger charge is 2.09. The Balaban J connectivity index is 2.21. The maximum atomic E-state index is 4.41. The lowest BCUT2D eigenvalue weighted by molar-refractivity contribution is 0.861. The molecular formula is C15H20N4. The van der Waals surface area contributed by atoms with Crippen molar-refractivity contribution in [2.75, 3.05) is 17.7 Å². The van der Waals surface area contributed by atoms with Crippen LogP contribution in [0.25, 0.3) is 0 Å².